The van der Waals surface area contributed by atoms with E-state index in [2.05, 4.69) is 0 Å². The lowest BCUT2D eigenvalue weighted by molar-refractivity contribution is 0.0587. The van der Waals surface area contributed by atoms with Crippen molar-refractivity contribution in [1.29, 1.82) is 0 Å². The first kappa shape index (κ1) is 14.6. The smallest absolute Gasteiger partial charge is 0.261 e. The predicted octanol–water partition coefficient (Wildman–Crippen LogP) is -0.432. The molecule has 108 valence electrons. The van der Waals surface area contributed by atoms with E-state index in [9.17, 15) is 9.59 Å². The Labute approximate surface area is 117 Å². The first-order valence-corrected chi connectivity index (χ1v) is 6.47. The van der Waals surface area contributed by atoms with Gasteiger partial charge in [0.25, 0.3) is 11.8 Å². The lowest BCUT2D eigenvalue weighted by Crippen LogP contribution is -2.43. The molecule has 0 saturated carbocycles. The zero-order chi connectivity index (χ0) is 14.7. The van der Waals surface area contributed by atoms with Crippen molar-refractivity contribution in [3.05, 3.63) is 35.4 Å². The maximum absolute atomic E-state index is 12.1. The van der Waals surface area contributed by atoms with E-state index < -0.39 is 0 Å². The number of aliphatic hydroxyl groups excluding tert-OH is 2. The average molecular weight is 278 g/mol. The Bertz CT molecular complexity index is 479. The lowest BCUT2D eigenvalue weighted by atomic mass is 10.1. The molecule has 1 heterocycles. The van der Waals surface area contributed by atoms with Gasteiger partial charge in [-0.25, -0.2) is 0 Å². The summed E-state index contributed by atoms with van der Waals surface area (Å²) in [6.07, 6.45) is 0. The van der Waals surface area contributed by atoms with Gasteiger partial charge in [0.1, 0.15) is 0 Å². The number of amides is 2. The number of likely N-dealkylation sites (N-methyl/N-ethyl adjacent to an activating group) is 1. The summed E-state index contributed by atoms with van der Waals surface area (Å²) >= 11 is 0. The van der Waals surface area contributed by atoms with Crippen LogP contribution in [0.2, 0.25) is 0 Å². The molecule has 2 rings (SSSR count). The number of carbonyl (C=O) groups excluding carboxylic acids is 2. The van der Waals surface area contributed by atoms with Crippen LogP contribution in [0.3, 0.4) is 0 Å². The number of rotatable bonds is 6. The molecule has 2 amide bonds. The van der Waals surface area contributed by atoms with E-state index in [1.165, 1.54) is 4.90 Å². The van der Waals surface area contributed by atoms with Crippen molar-refractivity contribution in [2.24, 2.45) is 0 Å². The SMILES string of the molecule is CN(CCN1C(=O)c2ccccc2C1=O)C(CO)CO. The second-order valence-corrected chi connectivity index (χ2v) is 4.81. The second kappa shape index (κ2) is 6.13. The van der Waals surface area contributed by atoms with Crippen molar-refractivity contribution < 1.29 is 19.8 Å². The van der Waals surface area contributed by atoms with E-state index in [4.69, 9.17) is 10.2 Å². The third-order valence-corrected chi connectivity index (χ3v) is 3.60. The maximum atomic E-state index is 12.1. The van der Waals surface area contributed by atoms with Crippen molar-refractivity contribution >= 4 is 11.8 Å². The van der Waals surface area contributed by atoms with Crippen LogP contribution in [0.25, 0.3) is 0 Å². The molecule has 0 saturated heterocycles. The number of hydrogen-bond acceptors (Lipinski definition) is 5. The summed E-state index contributed by atoms with van der Waals surface area (Å²) in [7, 11) is 1.73. The van der Waals surface area contributed by atoms with Crippen molar-refractivity contribution in [2.45, 2.75) is 6.04 Å². The fourth-order valence-corrected chi connectivity index (χ4v) is 2.22. The molecule has 1 aromatic rings. The van der Waals surface area contributed by atoms with Gasteiger partial charge in [-0.05, 0) is 19.2 Å². The highest BCUT2D eigenvalue weighted by Crippen LogP contribution is 2.22. The Kier molecular flexibility index (Phi) is 4.49. The molecule has 0 radical (unpaired) electrons. The van der Waals surface area contributed by atoms with Gasteiger partial charge >= 0.3 is 0 Å². The van der Waals surface area contributed by atoms with Crippen molar-refractivity contribution in [3.8, 4) is 0 Å². The van der Waals surface area contributed by atoms with Gasteiger partial charge in [-0.15, -0.1) is 0 Å². The van der Waals surface area contributed by atoms with Gasteiger partial charge in [0.05, 0.1) is 30.4 Å². The third kappa shape index (κ3) is 2.58. The van der Waals surface area contributed by atoms with E-state index in [1.807, 2.05) is 0 Å². The van der Waals surface area contributed by atoms with Crippen LogP contribution < -0.4 is 0 Å². The largest absolute Gasteiger partial charge is 0.395 e. The van der Waals surface area contributed by atoms with Crippen LogP contribution in [0.5, 0.6) is 0 Å². The molecule has 2 N–H and O–H groups in total. The molecule has 1 aromatic carbocycles. The van der Waals surface area contributed by atoms with Gasteiger partial charge < -0.3 is 10.2 Å². The Morgan fingerprint density at radius 1 is 1.10 bits per heavy atom. The van der Waals surface area contributed by atoms with E-state index >= 15 is 0 Å². The summed E-state index contributed by atoms with van der Waals surface area (Å²) in [5.74, 6) is -0.577. The quantitative estimate of drug-likeness (QED) is 0.690. The monoisotopic (exact) mass is 278 g/mol. The topological polar surface area (TPSA) is 81.1 Å². The molecule has 20 heavy (non-hydrogen) atoms. The minimum atomic E-state index is -0.384. The first-order chi connectivity index (χ1) is 9.60. The van der Waals surface area contributed by atoms with Crippen LogP contribution in [0.1, 0.15) is 20.7 Å². The fourth-order valence-electron chi connectivity index (χ4n) is 2.22. The number of aliphatic hydroxyl groups is 2. The Morgan fingerprint density at radius 3 is 2.05 bits per heavy atom. The molecule has 6 nitrogen and oxygen atoms in total. The second-order valence-electron chi connectivity index (χ2n) is 4.81. The van der Waals surface area contributed by atoms with E-state index in [0.29, 0.717) is 17.7 Å². The van der Waals surface area contributed by atoms with Crippen molar-refractivity contribution in [2.75, 3.05) is 33.4 Å². The summed E-state index contributed by atoms with van der Waals surface area (Å²) in [4.78, 5) is 27.2. The van der Waals surface area contributed by atoms with Gasteiger partial charge in [-0.1, -0.05) is 12.1 Å². The van der Waals surface area contributed by atoms with Crippen LogP contribution >= 0.6 is 0 Å². The molecule has 0 fully saturated rings. The molecule has 0 aromatic heterocycles. The fraction of sp³-hybridized carbons (Fsp3) is 0.429. The normalized spacial score (nSPS) is 14.6. The number of imide groups is 1. The van der Waals surface area contributed by atoms with Gasteiger partial charge in [0.15, 0.2) is 0 Å². The summed E-state index contributed by atoms with van der Waals surface area (Å²) in [5.41, 5.74) is 0.863. The van der Waals surface area contributed by atoms with Crippen LogP contribution in [0, 0.1) is 0 Å². The minimum absolute atomic E-state index is 0.172. The number of hydrogen-bond donors (Lipinski definition) is 2. The zero-order valence-corrected chi connectivity index (χ0v) is 11.3. The van der Waals surface area contributed by atoms with Crippen molar-refractivity contribution in [3.63, 3.8) is 0 Å². The van der Waals surface area contributed by atoms with Gasteiger partial charge in [-0.2, -0.15) is 0 Å². The van der Waals surface area contributed by atoms with Crippen molar-refractivity contribution in [1.82, 2.24) is 9.80 Å². The van der Waals surface area contributed by atoms with E-state index in [1.54, 1.807) is 36.2 Å². The lowest BCUT2D eigenvalue weighted by Gasteiger charge is -2.26. The molecule has 0 bridgehead atoms. The average Bonchev–Trinajstić information content (AvgIpc) is 2.71. The molecular weight excluding hydrogens is 260 g/mol. The first-order valence-electron chi connectivity index (χ1n) is 6.47. The molecular formula is C14H18N2O4. The Balaban J connectivity index is 2.02. The van der Waals surface area contributed by atoms with Gasteiger partial charge in [0.2, 0.25) is 0 Å². The molecule has 0 spiro atoms. The van der Waals surface area contributed by atoms with Crippen LogP contribution in [-0.4, -0.2) is 71.2 Å². The molecule has 0 unspecified atom stereocenters. The van der Waals surface area contributed by atoms with Gasteiger partial charge in [0, 0.05) is 13.1 Å². The predicted molar refractivity (Wildman–Crippen MR) is 72.4 cm³/mol. The Hall–Kier alpha value is -1.76. The highest BCUT2D eigenvalue weighted by Gasteiger charge is 2.34. The van der Waals surface area contributed by atoms with Crippen LogP contribution in [0.4, 0.5) is 0 Å². The third-order valence-electron chi connectivity index (χ3n) is 3.60. The standard InChI is InChI=1S/C14H18N2O4/c1-15(10(8-17)9-18)6-7-16-13(19)11-4-2-3-5-12(11)14(16)20/h2-5,10,17-18H,6-9H2,1H3. The summed E-state index contributed by atoms with van der Waals surface area (Å²) in [6, 6.07) is 6.36. The summed E-state index contributed by atoms with van der Waals surface area (Å²) in [6.45, 7) is 0.292. The highest BCUT2D eigenvalue weighted by molar-refractivity contribution is 6.21. The number of carbonyl (C=O) groups is 2. The maximum Gasteiger partial charge on any atom is 0.261 e. The van der Waals surface area contributed by atoms with Crippen LogP contribution in [-0.2, 0) is 0 Å². The molecule has 1 aliphatic heterocycles. The number of nitrogens with zero attached hydrogens (tertiary/aromatic N) is 2. The number of fused-ring (bicyclic) bond motifs is 1. The van der Waals surface area contributed by atoms with Gasteiger partial charge in [-0.3, -0.25) is 19.4 Å². The summed E-state index contributed by atoms with van der Waals surface area (Å²) < 4.78 is 0. The summed E-state index contributed by atoms with van der Waals surface area (Å²) in [5, 5.41) is 18.2. The zero-order valence-electron chi connectivity index (χ0n) is 11.3. The molecule has 0 aliphatic carbocycles. The molecule has 0 atom stereocenters. The highest BCUT2D eigenvalue weighted by atomic mass is 16.3. The number of benzene rings is 1. The minimum Gasteiger partial charge on any atom is -0.395 e. The van der Waals surface area contributed by atoms with E-state index in [0.717, 1.165) is 0 Å². The Morgan fingerprint density at radius 2 is 1.60 bits per heavy atom. The van der Waals surface area contributed by atoms with Crippen LogP contribution in [0.15, 0.2) is 24.3 Å². The van der Waals surface area contributed by atoms with E-state index in [-0.39, 0.29) is 37.6 Å². The molecule has 6 heteroatoms. The molecule has 1 aliphatic rings.